The third-order valence-corrected chi connectivity index (χ3v) is 9.94. The second-order valence-electron chi connectivity index (χ2n) is 10.1. The van der Waals surface area contributed by atoms with Gasteiger partial charge in [0.1, 0.15) is 10.7 Å². The summed E-state index contributed by atoms with van der Waals surface area (Å²) in [5, 5.41) is 4.27. The number of hydrogen-bond donors (Lipinski definition) is 2. The molecule has 2 aromatic rings. The molecule has 160 valence electrons. The number of nitrogens with zero attached hydrogens (tertiary/aromatic N) is 1. The molecular formula is C23H29N3O2S2. The van der Waals surface area contributed by atoms with Crippen molar-refractivity contribution in [3.8, 4) is 0 Å². The zero-order valence-electron chi connectivity index (χ0n) is 17.3. The van der Waals surface area contributed by atoms with Crippen molar-refractivity contribution in [1.82, 2.24) is 15.3 Å². The first kappa shape index (κ1) is 19.4. The molecule has 7 heteroatoms. The number of aromatic nitrogens is 2. The Morgan fingerprint density at radius 1 is 1.17 bits per heavy atom. The number of aromatic amines is 1. The van der Waals surface area contributed by atoms with Crippen LogP contribution in [0, 0.1) is 17.8 Å². The first-order valence-electron chi connectivity index (χ1n) is 11.5. The molecule has 0 aliphatic heterocycles. The SMILES string of the molecule is O=C(CCSCc1nc2sc3c(c2c(=O)[nH]1)CCC3)NC12CC3CC(CC(C3)C1)C2. The molecule has 0 saturated heterocycles. The van der Waals surface area contributed by atoms with Gasteiger partial charge < -0.3 is 10.3 Å². The number of H-pyrrole nitrogens is 1. The topological polar surface area (TPSA) is 74.8 Å². The van der Waals surface area contributed by atoms with Gasteiger partial charge in [-0.15, -0.1) is 11.3 Å². The molecule has 1 amide bonds. The number of thiophene rings is 1. The van der Waals surface area contributed by atoms with Crippen molar-refractivity contribution in [2.45, 2.75) is 75.5 Å². The minimum Gasteiger partial charge on any atom is -0.351 e. The van der Waals surface area contributed by atoms with Gasteiger partial charge in [-0.2, -0.15) is 11.8 Å². The summed E-state index contributed by atoms with van der Waals surface area (Å²) < 4.78 is 0. The highest BCUT2D eigenvalue weighted by atomic mass is 32.2. The first-order valence-corrected chi connectivity index (χ1v) is 13.5. The van der Waals surface area contributed by atoms with Crippen molar-refractivity contribution in [2.75, 3.05) is 5.75 Å². The highest BCUT2D eigenvalue weighted by Gasteiger charge is 2.51. The van der Waals surface area contributed by atoms with Crippen molar-refractivity contribution in [2.24, 2.45) is 17.8 Å². The third kappa shape index (κ3) is 3.42. The molecule has 2 aromatic heterocycles. The Morgan fingerprint density at radius 3 is 2.63 bits per heavy atom. The fraction of sp³-hybridized carbons (Fsp3) is 0.696. The Bertz CT molecular complexity index is 1020. The number of nitrogens with one attached hydrogen (secondary N) is 2. The maximum absolute atomic E-state index is 12.7. The summed E-state index contributed by atoms with van der Waals surface area (Å²) in [6.07, 6.45) is 11.6. The number of carbonyl (C=O) groups is 1. The third-order valence-electron chi connectivity index (χ3n) is 7.78. The second kappa shape index (κ2) is 7.37. The molecule has 0 spiro atoms. The number of carbonyl (C=O) groups excluding carboxylic acids is 1. The van der Waals surface area contributed by atoms with Crippen molar-refractivity contribution < 1.29 is 4.79 Å². The van der Waals surface area contributed by atoms with Crippen LogP contribution in [0.4, 0.5) is 0 Å². The van der Waals surface area contributed by atoms with Crippen LogP contribution in [0.15, 0.2) is 4.79 Å². The van der Waals surface area contributed by atoms with Crippen LogP contribution in [0.2, 0.25) is 0 Å². The quantitative estimate of drug-likeness (QED) is 0.657. The summed E-state index contributed by atoms with van der Waals surface area (Å²) in [5.41, 5.74) is 1.34. The van der Waals surface area contributed by atoms with Crippen molar-refractivity contribution in [3.05, 3.63) is 26.6 Å². The summed E-state index contributed by atoms with van der Waals surface area (Å²) in [5.74, 6) is 4.90. The largest absolute Gasteiger partial charge is 0.351 e. The molecule has 5 aliphatic carbocycles. The Labute approximate surface area is 184 Å². The van der Waals surface area contributed by atoms with Crippen LogP contribution in [0.3, 0.4) is 0 Å². The number of aryl methyl sites for hydroxylation is 2. The molecule has 5 nitrogen and oxygen atoms in total. The summed E-state index contributed by atoms with van der Waals surface area (Å²) >= 11 is 3.37. The Kier molecular flexibility index (Phi) is 4.75. The molecule has 0 radical (unpaired) electrons. The van der Waals surface area contributed by atoms with E-state index in [1.165, 1.54) is 49.0 Å². The monoisotopic (exact) mass is 443 g/mol. The van der Waals surface area contributed by atoms with Crippen molar-refractivity contribution >= 4 is 39.2 Å². The zero-order chi connectivity index (χ0) is 20.3. The van der Waals surface area contributed by atoms with Gasteiger partial charge in [-0.25, -0.2) is 4.98 Å². The highest BCUT2D eigenvalue weighted by molar-refractivity contribution is 7.98. The number of thioether (sulfide) groups is 1. The van der Waals surface area contributed by atoms with E-state index in [0.29, 0.717) is 12.2 Å². The molecule has 0 aromatic carbocycles. The van der Waals surface area contributed by atoms with E-state index in [1.807, 2.05) is 0 Å². The maximum Gasteiger partial charge on any atom is 0.259 e. The lowest BCUT2D eigenvalue weighted by molar-refractivity contribution is -0.126. The average Bonchev–Trinajstić information content (AvgIpc) is 3.24. The Morgan fingerprint density at radius 2 is 1.90 bits per heavy atom. The van der Waals surface area contributed by atoms with Crippen LogP contribution in [-0.4, -0.2) is 27.2 Å². The van der Waals surface area contributed by atoms with E-state index >= 15 is 0 Å². The van der Waals surface area contributed by atoms with Crippen LogP contribution in [0.5, 0.6) is 0 Å². The fourth-order valence-corrected chi connectivity index (χ4v) is 9.16. The highest BCUT2D eigenvalue weighted by Crippen LogP contribution is 2.55. The number of amides is 1. The van der Waals surface area contributed by atoms with Gasteiger partial charge in [0.2, 0.25) is 5.91 Å². The minimum absolute atomic E-state index is 0.00885. The lowest BCUT2D eigenvalue weighted by Crippen LogP contribution is -2.59. The Balaban J connectivity index is 1.03. The van der Waals surface area contributed by atoms with E-state index in [-0.39, 0.29) is 17.0 Å². The number of fused-ring (bicyclic) bond motifs is 3. The minimum atomic E-state index is 0.00885. The number of hydrogen-bond acceptors (Lipinski definition) is 5. The van der Waals surface area contributed by atoms with Crippen molar-refractivity contribution in [1.29, 1.82) is 0 Å². The van der Waals surface area contributed by atoms with E-state index in [0.717, 1.165) is 58.8 Å². The zero-order valence-corrected chi connectivity index (χ0v) is 18.9. The summed E-state index contributed by atoms with van der Waals surface area (Å²) in [7, 11) is 0. The molecule has 5 aliphatic rings. The molecular weight excluding hydrogens is 414 g/mol. The first-order chi connectivity index (χ1) is 14.6. The van der Waals surface area contributed by atoms with Crippen molar-refractivity contribution in [3.63, 3.8) is 0 Å². The van der Waals surface area contributed by atoms with E-state index in [2.05, 4.69) is 10.3 Å². The van der Waals surface area contributed by atoms with Gasteiger partial charge in [0.25, 0.3) is 5.56 Å². The summed E-state index contributed by atoms with van der Waals surface area (Å²) in [6, 6.07) is 0. The second-order valence-corrected chi connectivity index (χ2v) is 12.3. The lowest BCUT2D eigenvalue weighted by atomic mass is 9.53. The molecule has 7 rings (SSSR count). The molecule has 4 saturated carbocycles. The molecule has 30 heavy (non-hydrogen) atoms. The van der Waals surface area contributed by atoms with Gasteiger partial charge in [0, 0.05) is 22.6 Å². The summed E-state index contributed by atoms with van der Waals surface area (Å²) in [4.78, 5) is 35.1. The fourth-order valence-electron chi connectivity index (χ4n) is 7.07. The predicted molar refractivity (Wildman–Crippen MR) is 122 cm³/mol. The summed E-state index contributed by atoms with van der Waals surface area (Å²) in [6.45, 7) is 0. The molecule has 2 N–H and O–H groups in total. The average molecular weight is 444 g/mol. The van der Waals surface area contributed by atoms with E-state index in [9.17, 15) is 9.59 Å². The van der Waals surface area contributed by atoms with Gasteiger partial charge in [-0.05, 0) is 81.1 Å². The van der Waals surface area contributed by atoms with E-state index in [1.54, 1.807) is 23.1 Å². The van der Waals surface area contributed by atoms with Crippen LogP contribution in [0.1, 0.15) is 67.6 Å². The normalized spacial score (nSPS) is 31.4. The van der Waals surface area contributed by atoms with Gasteiger partial charge in [-0.1, -0.05) is 0 Å². The van der Waals surface area contributed by atoms with E-state index < -0.39 is 0 Å². The molecule has 4 fully saturated rings. The van der Waals surface area contributed by atoms with Gasteiger partial charge in [-0.3, -0.25) is 9.59 Å². The Hall–Kier alpha value is -1.34. The molecule has 0 atom stereocenters. The van der Waals surface area contributed by atoms with Crippen LogP contribution < -0.4 is 10.9 Å². The van der Waals surface area contributed by atoms with Gasteiger partial charge in [0.05, 0.1) is 11.1 Å². The van der Waals surface area contributed by atoms with Crippen LogP contribution in [-0.2, 0) is 23.4 Å². The lowest BCUT2D eigenvalue weighted by Gasteiger charge is -2.56. The molecule has 4 bridgehead atoms. The van der Waals surface area contributed by atoms with E-state index in [4.69, 9.17) is 4.98 Å². The van der Waals surface area contributed by atoms with Crippen LogP contribution in [0.25, 0.3) is 10.2 Å². The number of rotatable bonds is 6. The van der Waals surface area contributed by atoms with Crippen LogP contribution >= 0.6 is 23.1 Å². The maximum atomic E-state index is 12.7. The van der Waals surface area contributed by atoms with Gasteiger partial charge >= 0.3 is 0 Å². The standard InChI is InChI=1S/C23H29N3O2S2/c27-19(26-23-9-13-6-14(10-23)8-15(7-13)11-23)4-5-29-12-18-24-21(28)20-16-2-1-3-17(16)30-22(20)25-18/h13-15H,1-12H2,(H,26,27)(H,24,25,28). The molecule has 2 heterocycles. The smallest absolute Gasteiger partial charge is 0.259 e. The molecule has 0 unspecified atom stereocenters. The van der Waals surface area contributed by atoms with Gasteiger partial charge in [0.15, 0.2) is 0 Å². The predicted octanol–water partition coefficient (Wildman–Crippen LogP) is 4.18.